The van der Waals surface area contributed by atoms with Crippen molar-refractivity contribution in [1.29, 1.82) is 0 Å². The average molecular weight is 417 g/mol. The molecule has 1 N–H and O–H groups in total. The highest BCUT2D eigenvalue weighted by Gasteiger charge is 2.24. The van der Waals surface area contributed by atoms with Crippen LogP contribution in [-0.2, 0) is 17.1 Å². The highest BCUT2D eigenvalue weighted by Crippen LogP contribution is 2.20. The fourth-order valence-electron chi connectivity index (χ4n) is 3.59. The standard InChI is InChI=1S/C23H29ClN2OS/c1-18-5-2-3-7-21(18)16-26-12-9-20(10-13-26)23(27)25-11-14-28-17-19-6-4-8-22(24)15-19/h2-8,15,20H,9-14,16-17H2,1H3,(H,25,27). The summed E-state index contributed by atoms with van der Waals surface area (Å²) in [6.07, 6.45) is 1.90. The lowest BCUT2D eigenvalue weighted by Gasteiger charge is -2.31. The summed E-state index contributed by atoms with van der Waals surface area (Å²) in [5.74, 6) is 2.22. The molecular weight excluding hydrogens is 388 g/mol. The molecule has 0 saturated carbocycles. The Kier molecular flexibility index (Phi) is 8.26. The Labute approximate surface area is 177 Å². The first-order valence-electron chi connectivity index (χ1n) is 9.98. The Bertz CT molecular complexity index is 775. The number of thioether (sulfide) groups is 1. The number of likely N-dealkylation sites (tertiary alicyclic amines) is 1. The van der Waals surface area contributed by atoms with Gasteiger partial charge in [0, 0.05) is 35.5 Å². The van der Waals surface area contributed by atoms with Gasteiger partial charge >= 0.3 is 0 Å². The van der Waals surface area contributed by atoms with Gasteiger partial charge in [0.2, 0.25) is 5.91 Å². The normalized spacial score (nSPS) is 15.5. The molecular formula is C23H29ClN2OS. The molecule has 1 aliphatic rings. The van der Waals surface area contributed by atoms with E-state index < -0.39 is 0 Å². The Hall–Kier alpha value is -1.49. The second-order valence-electron chi connectivity index (χ2n) is 7.45. The zero-order chi connectivity index (χ0) is 19.8. The van der Waals surface area contributed by atoms with E-state index in [0.29, 0.717) is 0 Å². The van der Waals surface area contributed by atoms with Gasteiger partial charge in [-0.3, -0.25) is 9.69 Å². The van der Waals surface area contributed by atoms with Crippen LogP contribution in [0.5, 0.6) is 0 Å². The van der Waals surface area contributed by atoms with Gasteiger partial charge in [-0.15, -0.1) is 0 Å². The number of benzene rings is 2. The number of nitrogens with one attached hydrogen (secondary N) is 1. The molecule has 0 aliphatic carbocycles. The molecule has 1 heterocycles. The summed E-state index contributed by atoms with van der Waals surface area (Å²) in [5.41, 5.74) is 3.96. The molecule has 150 valence electrons. The molecule has 2 aromatic carbocycles. The summed E-state index contributed by atoms with van der Waals surface area (Å²) in [6, 6.07) is 16.5. The molecule has 28 heavy (non-hydrogen) atoms. The summed E-state index contributed by atoms with van der Waals surface area (Å²) in [6.45, 7) is 5.88. The molecule has 0 radical (unpaired) electrons. The van der Waals surface area contributed by atoms with Gasteiger partial charge in [-0.1, -0.05) is 48.0 Å². The number of nitrogens with zero attached hydrogens (tertiary/aromatic N) is 1. The summed E-state index contributed by atoms with van der Waals surface area (Å²) >= 11 is 7.83. The van der Waals surface area contributed by atoms with Crippen LogP contribution in [0.1, 0.15) is 29.5 Å². The van der Waals surface area contributed by atoms with Crippen molar-refractivity contribution in [3.63, 3.8) is 0 Å². The van der Waals surface area contributed by atoms with Crippen molar-refractivity contribution in [2.75, 3.05) is 25.4 Å². The smallest absolute Gasteiger partial charge is 0.223 e. The molecule has 1 aliphatic heterocycles. The summed E-state index contributed by atoms with van der Waals surface area (Å²) in [7, 11) is 0. The topological polar surface area (TPSA) is 32.3 Å². The maximum absolute atomic E-state index is 12.4. The third kappa shape index (κ3) is 6.54. The number of carbonyl (C=O) groups is 1. The van der Waals surface area contributed by atoms with Gasteiger partial charge in [-0.25, -0.2) is 0 Å². The van der Waals surface area contributed by atoms with Crippen molar-refractivity contribution in [3.05, 3.63) is 70.2 Å². The SMILES string of the molecule is Cc1ccccc1CN1CCC(C(=O)NCCSCc2cccc(Cl)c2)CC1. The summed E-state index contributed by atoms with van der Waals surface area (Å²) < 4.78 is 0. The third-order valence-corrected chi connectivity index (χ3v) is 6.58. The predicted octanol–water partition coefficient (Wildman–Crippen LogP) is 4.91. The second-order valence-corrected chi connectivity index (χ2v) is 8.99. The fraction of sp³-hybridized carbons (Fsp3) is 0.435. The van der Waals surface area contributed by atoms with Crippen molar-refractivity contribution in [2.45, 2.75) is 32.1 Å². The van der Waals surface area contributed by atoms with Gasteiger partial charge in [-0.2, -0.15) is 11.8 Å². The number of hydrogen-bond donors (Lipinski definition) is 1. The minimum absolute atomic E-state index is 0.158. The monoisotopic (exact) mass is 416 g/mol. The highest BCUT2D eigenvalue weighted by atomic mass is 35.5. The lowest BCUT2D eigenvalue weighted by molar-refractivity contribution is -0.126. The van der Waals surface area contributed by atoms with Crippen LogP contribution in [0, 0.1) is 12.8 Å². The molecule has 0 bridgehead atoms. The average Bonchev–Trinajstić information content (AvgIpc) is 2.70. The number of piperidine rings is 1. The Morgan fingerprint density at radius 3 is 2.71 bits per heavy atom. The van der Waals surface area contributed by atoms with Crippen LogP contribution in [0.15, 0.2) is 48.5 Å². The zero-order valence-corrected chi connectivity index (χ0v) is 18.1. The lowest BCUT2D eigenvalue weighted by atomic mass is 9.95. The van der Waals surface area contributed by atoms with E-state index in [2.05, 4.69) is 47.5 Å². The molecule has 3 nitrogen and oxygen atoms in total. The minimum atomic E-state index is 0.158. The van der Waals surface area contributed by atoms with Crippen molar-refractivity contribution in [2.24, 2.45) is 5.92 Å². The Morgan fingerprint density at radius 2 is 1.96 bits per heavy atom. The van der Waals surface area contributed by atoms with E-state index in [9.17, 15) is 4.79 Å². The first-order valence-corrected chi connectivity index (χ1v) is 11.5. The first-order chi connectivity index (χ1) is 13.6. The van der Waals surface area contributed by atoms with Gasteiger partial charge in [-0.05, 0) is 61.7 Å². The van der Waals surface area contributed by atoms with Crippen molar-refractivity contribution >= 4 is 29.3 Å². The van der Waals surface area contributed by atoms with Crippen molar-refractivity contribution in [3.8, 4) is 0 Å². The number of halogens is 1. The van der Waals surface area contributed by atoms with Crippen LogP contribution < -0.4 is 5.32 Å². The fourth-order valence-corrected chi connectivity index (χ4v) is 4.61. The number of hydrogen-bond acceptors (Lipinski definition) is 3. The summed E-state index contributed by atoms with van der Waals surface area (Å²) in [4.78, 5) is 14.9. The number of aryl methyl sites for hydroxylation is 1. The van der Waals surface area contributed by atoms with Crippen molar-refractivity contribution < 1.29 is 4.79 Å². The molecule has 0 aromatic heterocycles. The maximum Gasteiger partial charge on any atom is 0.223 e. The molecule has 1 amide bonds. The number of carbonyl (C=O) groups excluding carboxylic acids is 1. The molecule has 1 saturated heterocycles. The van der Waals surface area contributed by atoms with Crippen LogP contribution in [0.25, 0.3) is 0 Å². The zero-order valence-electron chi connectivity index (χ0n) is 16.5. The van der Waals surface area contributed by atoms with Gasteiger partial charge in [0.15, 0.2) is 0 Å². The quantitative estimate of drug-likeness (QED) is 0.620. The molecule has 5 heteroatoms. The van der Waals surface area contributed by atoms with Gasteiger partial charge in [0.25, 0.3) is 0 Å². The van der Waals surface area contributed by atoms with Crippen LogP contribution in [0.2, 0.25) is 5.02 Å². The van der Waals surface area contributed by atoms with E-state index >= 15 is 0 Å². The Balaban J connectivity index is 1.31. The molecule has 2 aromatic rings. The van der Waals surface area contributed by atoms with E-state index in [1.54, 1.807) is 0 Å². The Morgan fingerprint density at radius 1 is 1.18 bits per heavy atom. The van der Waals surface area contributed by atoms with Crippen molar-refractivity contribution in [1.82, 2.24) is 10.2 Å². The van der Waals surface area contributed by atoms with Gasteiger partial charge < -0.3 is 5.32 Å². The predicted molar refractivity (Wildman–Crippen MR) is 120 cm³/mol. The second kappa shape index (κ2) is 10.9. The first kappa shape index (κ1) is 21.2. The largest absolute Gasteiger partial charge is 0.355 e. The number of rotatable bonds is 8. The van der Waals surface area contributed by atoms with Gasteiger partial charge in [0.1, 0.15) is 0 Å². The lowest BCUT2D eigenvalue weighted by Crippen LogP contribution is -2.40. The van der Waals surface area contributed by atoms with E-state index in [-0.39, 0.29) is 11.8 Å². The highest BCUT2D eigenvalue weighted by molar-refractivity contribution is 7.98. The summed E-state index contributed by atoms with van der Waals surface area (Å²) in [5, 5.41) is 3.90. The molecule has 1 fully saturated rings. The van der Waals surface area contributed by atoms with Crippen LogP contribution in [0.3, 0.4) is 0 Å². The minimum Gasteiger partial charge on any atom is -0.355 e. The molecule has 3 rings (SSSR count). The third-order valence-electron chi connectivity index (χ3n) is 5.32. The maximum atomic E-state index is 12.4. The van der Waals surface area contributed by atoms with Gasteiger partial charge in [0.05, 0.1) is 0 Å². The molecule has 0 unspecified atom stereocenters. The van der Waals surface area contributed by atoms with E-state index in [1.165, 1.54) is 16.7 Å². The molecule has 0 spiro atoms. The van der Waals surface area contributed by atoms with E-state index in [0.717, 1.165) is 55.5 Å². The van der Waals surface area contributed by atoms with E-state index in [4.69, 9.17) is 11.6 Å². The van der Waals surface area contributed by atoms with Crippen LogP contribution in [0.4, 0.5) is 0 Å². The van der Waals surface area contributed by atoms with Crippen LogP contribution >= 0.6 is 23.4 Å². The van der Waals surface area contributed by atoms with E-state index in [1.807, 2.05) is 30.0 Å². The van der Waals surface area contributed by atoms with Crippen LogP contribution in [-0.4, -0.2) is 36.2 Å². The number of amides is 1. The molecule has 0 atom stereocenters.